The van der Waals surface area contributed by atoms with Crippen molar-refractivity contribution in [3.8, 4) is 0 Å². The number of anilines is 1. The summed E-state index contributed by atoms with van der Waals surface area (Å²) >= 11 is 0. The predicted molar refractivity (Wildman–Crippen MR) is 109 cm³/mol. The minimum Gasteiger partial charge on any atom is -0.467 e. The molecule has 1 aromatic rings. The quantitative estimate of drug-likeness (QED) is 0.239. The summed E-state index contributed by atoms with van der Waals surface area (Å²) < 4.78 is 9.81. The van der Waals surface area contributed by atoms with Crippen molar-refractivity contribution in [2.45, 2.75) is 39.2 Å². The fourth-order valence-electron chi connectivity index (χ4n) is 2.48. The standard InChI is InChI=1S/C21H28N2O6/c1-4-9-19(25)23-17(21(27)28-3)14-18(24)15-10-6-7-11-16(15)22-20(26)12-8-13-29-5-2/h6-8,10-12,17H,4-5,9,13-14H2,1-3H3,(H,22,26)(H,23,25)/b12-8+. The highest BCUT2D eigenvalue weighted by Crippen LogP contribution is 2.18. The molecule has 158 valence electrons. The summed E-state index contributed by atoms with van der Waals surface area (Å²) in [5, 5.41) is 5.16. The van der Waals surface area contributed by atoms with Gasteiger partial charge in [0.15, 0.2) is 5.78 Å². The SMILES string of the molecule is CCCC(=O)NC(CC(=O)c1ccccc1NC(=O)/C=C/COCC)C(=O)OC. The number of hydrogen-bond acceptors (Lipinski definition) is 6. The van der Waals surface area contributed by atoms with Crippen LogP contribution in [0.3, 0.4) is 0 Å². The molecule has 1 aromatic carbocycles. The predicted octanol–water partition coefficient (Wildman–Crippen LogP) is 2.25. The number of ketones is 1. The molecular formula is C21H28N2O6. The molecule has 0 aliphatic carbocycles. The molecule has 8 nitrogen and oxygen atoms in total. The summed E-state index contributed by atoms with van der Waals surface area (Å²) in [7, 11) is 1.19. The number of para-hydroxylation sites is 1. The Hall–Kier alpha value is -3.00. The monoisotopic (exact) mass is 404 g/mol. The maximum Gasteiger partial charge on any atom is 0.328 e. The van der Waals surface area contributed by atoms with Crippen LogP contribution in [0.5, 0.6) is 0 Å². The average Bonchev–Trinajstić information content (AvgIpc) is 2.70. The van der Waals surface area contributed by atoms with Crippen LogP contribution in [0.2, 0.25) is 0 Å². The van der Waals surface area contributed by atoms with E-state index in [0.717, 1.165) is 0 Å². The van der Waals surface area contributed by atoms with Gasteiger partial charge in [-0.15, -0.1) is 0 Å². The molecule has 0 fully saturated rings. The number of Topliss-reactive ketones (excluding diaryl/α,β-unsaturated/α-hetero) is 1. The Morgan fingerprint density at radius 2 is 1.86 bits per heavy atom. The van der Waals surface area contributed by atoms with Gasteiger partial charge in [-0.3, -0.25) is 14.4 Å². The van der Waals surface area contributed by atoms with Gasteiger partial charge in [-0.1, -0.05) is 25.1 Å². The first-order valence-corrected chi connectivity index (χ1v) is 9.47. The lowest BCUT2D eigenvalue weighted by Gasteiger charge is -2.17. The zero-order valence-corrected chi connectivity index (χ0v) is 17.0. The number of rotatable bonds is 12. The molecule has 0 radical (unpaired) electrons. The van der Waals surface area contributed by atoms with Crippen molar-refractivity contribution in [3.05, 3.63) is 42.0 Å². The van der Waals surface area contributed by atoms with Crippen molar-refractivity contribution in [2.24, 2.45) is 0 Å². The highest BCUT2D eigenvalue weighted by molar-refractivity contribution is 6.08. The van der Waals surface area contributed by atoms with Gasteiger partial charge in [0.1, 0.15) is 6.04 Å². The minimum atomic E-state index is -1.10. The number of methoxy groups -OCH3 is 1. The van der Waals surface area contributed by atoms with E-state index in [0.29, 0.717) is 25.3 Å². The fourth-order valence-corrected chi connectivity index (χ4v) is 2.48. The van der Waals surface area contributed by atoms with Gasteiger partial charge in [-0.2, -0.15) is 0 Å². The number of esters is 1. The van der Waals surface area contributed by atoms with Gasteiger partial charge < -0.3 is 20.1 Å². The smallest absolute Gasteiger partial charge is 0.328 e. The zero-order chi connectivity index (χ0) is 21.6. The van der Waals surface area contributed by atoms with Crippen LogP contribution < -0.4 is 10.6 Å². The van der Waals surface area contributed by atoms with Crippen LogP contribution in [0, 0.1) is 0 Å². The highest BCUT2D eigenvalue weighted by atomic mass is 16.5. The summed E-state index contributed by atoms with van der Waals surface area (Å²) in [5.74, 6) is -1.86. The molecule has 0 heterocycles. The third-order valence-corrected chi connectivity index (χ3v) is 3.86. The number of amides is 2. The van der Waals surface area contributed by atoms with Crippen LogP contribution in [-0.2, 0) is 23.9 Å². The second kappa shape index (κ2) is 13.2. The maximum absolute atomic E-state index is 12.8. The van der Waals surface area contributed by atoms with Crippen molar-refractivity contribution in [1.29, 1.82) is 0 Å². The third-order valence-electron chi connectivity index (χ3n) is 3.86. The molecule has 0 bridgehead atoms. The molecule has 2 amide bonds. The molecule has 0 aromatic heterocycles. The van der Waals surface area contributed by atoms with E-state index >= 15 is 0 Å². The topological polar surface area (TPSA) is 111 Å². The van der Waals surface area contributed by atoms with Gasteiger partial charge in [0.2, 0.25) is 11.8 Å². The van der Waals surface area contributed by atoms with Gasteiger partial charge in [0.05, 0.1) is 19.4 Å². The van der Waals surface area contributed by atoms with Crippen LogP contribution in [0.4, 0.5) is 5.69 Å². The second-order valence-electron chi connectivity index (χ2n) is 6.12. The Balaban J connectivity index is 2.89. The minimum absolute atomic E-state index is 0.234. The molecule has 29 heavy (non-hydrogen) atoms. The normalized spacial score (nSPS) is 11.7. The van der Waals surface area contributed by atoms with E-state index in [9.17, 15) is 19.2 Å². The first kappa shape index (κ1) is 24.0. The van der Waals surface area contributed by atoms with Crippen molar-refractivity contribution >= 4 is 29.3 Å². The van der Waals surface area contributed by atoms with Crippen LogP contribution >= 0.6 is 0 Å². The molecule has 8 heteroatoms. The Bertz CT molecular complexity index is 744. The van der Waals surface area contributed by atoms with Gasteiger partial charge in [0.25, 0.3) is 0 Å². The Kier molecular flexibility index (Phi) is 11.0. The number of ether oxygens (including phenoxy) is 2. The van der Waals surface area contributed by atoms with Crippen molar-refractivity contribution in [3.63, 3.8) is 0 Å². The largest absolute Gasteiger partial charge is 0.467 e. The Morgan fingerprint density at radius 3 is 2.52 bits per heavy atom. The van der Waals surface area contributed by atoms with Crippen LogP contribution in [0.25, 0.3) is 0 Å². The Labute approximate surface area is 170 Å². The van der Waals surface area contributed by atoms with E-state index < -0.39 is 23.7 Å². The first-order chi connectivity index (χ1) is 13.9. The summed E-state index contributed by atoms with van der Waals surface area (Å²) in [5.41, 5.74) is 0.546. The van der Waals surface area contributed by atoms with E-state index in [-0.39, 0.29) is 24.3 Å². The molecule has 0 aliphatic heterocycles. The van der Waals surface area contributed by atoms with Crippen LogP contribution in [0.1, 0.15) is 43.5 Å². The molecule has 1 rings (SSSR count). The molecule has 0 saturated carbocycles. The molecule has 0 aliphatic rings. The molecular weight excluding hydrogens is 376 g/mol. The number of nitrogens with one attached hydrogen (secondary N) is 2. The van der Waals surface area contributed by atoms with Crippen LogP contribution in [0.15, 0.2) is 36.4 Å². The Morgan fingerprint density at radius 1 is 1.14 bits per heavy atom. The van der Waals surface area contributed by atoms with Crippen molar-refractivity contribution in [2.75, 3.05) is 25.6 Å². The third kappa shape index (κ3) is 8.69. The van der Waals surface area contributed by atoms with E-state index in [2.05, 4.69) is 10.6 Å². The van der Waals surface area contributed by atoms with Gasteiger partial charge in [-0.25, -0.2) is 4.79 Å². The summed E-state index contributed by atoms with van der Waals surface area (Å²) in [6.07, 6.45) is 3.45. The lowest BCUT2D eigenvalue weighted by Crippen LogP contribution is -2.42. The van der Waals surface area contributed by atoms with E-state index in [1.807, 2.05) is 13.8 Å². The lowest BCUT2D eigenvalue weighted by molar-refractivity contribution is -0.145. The van der Waals surface area contributed by atoms with E-state index in [4.69, 9.17) is 9.47 Å². The van der Waals surface area contributed by atoms with E-state index in [1.165, 1.54) is 13.2 Å². The molecule has 0 spiro atoms. The first-order valence-electron chi connectivity index (χ1n) is 9.47. The molecule has 1 unspecified atom stereocenters. The van der Waals surface area contributed by atoms with Crippen LogP contribution in [-0.4, -0.2) is 49.9 Å². The number of carbonyl (C=O) groups excluding carboxylic acids is 4. The second-order valence-corrected chi connectivity index (χ2v) is 6.12. The number of hydrogen-bond donors (Lipinski definition) is 2. The van der Waals surface area contributed by atoms with Gasteiger partial charge in [-0.05, 0) is 25.5 Å². The van der Waals surface area contributed by atoms with Crippen molar-refractivity contribution in [1.82, 2.24) is 5.32 Å². The van der Waals surface area contributed by atoms with Gasteiger partial charge in [0, 0.05) is 31.1 Å². The highest BCUT2D eigenvalue weighted by Gasteiger charge is 2.26. The summed E-state index contributed by atoms with van der Waals surface area (Å²) in [4.78, 5) is 48.6. The molecule has 0 saturated heterocycles. The van der Waals surface area contributed by atoms with Gasteiger partial charge >= 0.3 is 5.97 Å². The average molecular weight is 404 g/mol. The van der Waals surface area contributed by atoms with Crippen molar-refractivity contribution < 1.29 is 28.7 Å². The molecule has 1 atom stereocenters. The van der Waals surface area contributed by atoms with E-state index in [1.54, 1.807) is 30.3 Å². The number of carbonyl (C=O) groups is 4. The maximum atomic E-state index is 12.8. The molecule has 2 N–H and O–H groups in total. The number of benzene rings is 1. The summed E-state index contributed by atoms with van der Waals surface area (Å²) in [6.45, 7) is 4.53. The lowest BCUT2D eigenvalue weighted by atomic mass is 10.0. The fraction of sp³-hybridized carbons (Fsp3) is 0.429. The zero-order valence-electron chi connectivity index (χ0n) is 17.0. The summed E-state index contributed by atoms with van der Waals surface area (Å²) in [6, 6.07) is 5.36.